The highest BCUT2D eigenvalue weighted by molar-refractivity contribution is 7.92. The molecule has 11 heteroatoms. The predicted molar refractivity (Wildman–Crippen MR) is 112 cm³/mol. The molecule has 0 aliphatic heterocycles. The molecule has 2 aromatic rings. The van der Waals surface area contributed by atoms with Crippen LogP contribution in [0.5, 0.6) is 0 Å². The Morgan fingerprint density at radius 3 is 2.68 bits per heavy atom. The normalized spacial score (nSPS) is 13.8. The van der Waals surface area contributed by atoms with Crippen LogP contribution in [-0.4, -0.2) is 63.0 Å². The third-order valence-electron chi connectivity index (χ3n) is 4.74. The fourth-order valence-electron chi connectivity index (χ4n) is 2.58. The van der Waals surface area contributed by atoms with Crippen LogP contribution in [0.15, 0.2) is 29.3 Å². The van der Waals surface area contributed by atoms with Crippen molar-refractivity contribution in [2.75, 3.05) is 12.9 Å². The molecular weight excluding hydrogens is 426 g/mol. The molecule has 0 bridgehead atoms. The van der Waals surface area contributed by atoms with Gasteiger partial charge in [0, 0.05) is 18.4 Å². The number of aromatic nitrogens is 2. The van der Waals surface area contributed by atoms with E-state index >= 15 is 0 Å². The standard InChI is InChI=1S/C20H21N3O7S/c1-20(19(27)22-28,31(2,29)30)9-10-23-13-21-17-11-14(7-8-16(17)18(23)26)5-3-4-6-15(25)12-24/h7-8,11,13,15,24-25,28H,9-10,12H2,1-2H3,(H,22,27)/t15-,20-/m1/s1. The van der Waals surface area contributed by atoms with Crippen LogP contribution in [-0.2, 0) is 21.2 Å². The number of hydrogen-bond donors (Lipinski definition) is 4. The summed E-state index contributed by atoms with van der Waals surface area (Å²) in [5, 5.41) is 27.0. The Labute approximate surface area is 178 Å². The van der Waals surface area contributed by atoms with Gasteiger partial charge < -0.3 is 10.2 Å². The summed E-state index contributed by atoms with van der Waals surface area (Å²) in [6.45, 7) is 0.554. The monoisotopic (exact) mass is 447 g/mol. The molecule has 2 atom stereocenters. The van der Waals surface area contributed by atoms with E-state index in [1.165, 1.54) is 29.4 Å². The summed E-state index contributed by atoms with van der Waals surface area (Å²) in [5.41, 5.74) is 1.80. The van der Waals surface area contributed by atoms with E-state index in [9.17, 15) is 18.0 Å². The molecule has 1 aromatic carbocycles. The summed E-state index contributed by atoms with van der Waals surface area (Å²) in [6, 6.07) is 4.65. The van der Waals surface area contributed by atoms with Crippen molar-refractivity contribution in [2.24, 2.45) is 0 Å². The van der Waals surface area contributed by atoms with Gasteiger partial charge in [-0.15, -0.1) is 0 Å². The average Bonchev–Trinajstić information content (AvgIpc) is 2.74. The maximum atomic E-state index is 12.7. The number of rotatable bonds is 6. The molecular formula is C20H21N3O7S. The smallest absolute Gasteiger partial charge is 0.264 e. The lowest BCUT2D eigenvalue weighted by atomic mass is 10.1. The number of benzene rings is 1. The predicted octanol–water partition coefficient (Wildman–Crippen LogP) is -1.20. The minimum atomic E-state index is -3.89. The average molecular weight is 447 g/mol. The summed E-state index contributed by atoms with van der Waals surface area (Å²) in [7, 11) is -3.89. The first-order valence-electron chi connectivity index (χ1n) is 8.97. The fraction of sp³-hybridized carbons (Fsp3) is 0.350. The molecule has 10 nitrogen and oxygen atoms in total. The molecule has 0 aliphatic carbocycles. The second-order valence-corrected chi connectivity index (χ2v) is 9.33. The van der Waals surface area contributed by atoms with E-state index in [4.69, 9.17) is 15.4 Å². The van der Waals surface area contributed by atoms with E-state index in [2.05, 4.69) is 28.7 Å². The van der Waals surface area contributed by atoms with Gasteiger partial charge in [-0.3, -0.25) is 19.4 Å². The van der Waals surface area contributed by atoms with Crippen LogP contribution >= 0.6 is 0 Å². The minimum Gasteiger partial charge on any atom is -0.393 e. The highest BCUT2D eigenvalue weighted by atomic mass is 32.2. The van der Waals surface area contributed by atoms with Crippen LogP contribution in [0.25, 0.3) is 10.9 Å². The first-order chi connectivity index (χ1) is 14.5. The van der Waals surface area contributed by atoms with Crippen LogP contribution in [0.4, 0.5) is 0 Å². The van der Waals surface area contributed by atoms with E-state index in [1.54, 1.807) is 12.1 Å². The molecule has 164 valence electrons. The highest BCUT2D eigenvalue weighted by Gasteiger charge is 2.43. The molecule has 0 spiro atoms. The van der Waals surface area contributed by atoms with Gasteiger partial charge in [-0.1, -0.05) is 11.8 Å². The number of aryl methyl sites for hydroxylation is 1. The van der Waals surface area contributed by atoms with Gasteiger partial charge in [-0.05, 0) is 43.4 Å². The zero-order valence-corrected chi connectivity index (χ0v) is 17.6. The molecule has 0 aliphatic rings. The zero-order chi connectivity index (χ0) is 23.2. The van der Waals surface area contributed by atoms with Gasteiger partial charge >= 0.3 is 0 Å². The van der Waals surface area contributed by atoms with E-state index < -0.39 is 38.8 Å². The summed E-state index contributed by atoms with van der Waals surface area (Å²) in [5.74, 6) is 8.89. The molecule has 0 saturated carbocycles. The van der Waals surface area contributed by atoms with Crippen molar-refractivity contribution < 1.29 is 28.6 Å². The van der Waals surface area contributed by atoms with Crippen LogP contribution in [0.2, 0.25) is 0 Å². The molecule has 1 heterocycles. The van der Waals surface area contributed by atoms with Gasteiger partial charge in [0.2, 0.25) is 0 Å². The number of nitrogens with zero attached hydrogens (tertiary/aromatic N) is 2. The molecule has 0 unspecified atom stereocenters. The number of aliphatic hydroxyl groups is 2. The summed E-state index contributed by atoms with van der Waals surface area (Å²) >= 11 is 0. The third kappa shape index (κ3) is 5.48. The molecule has 0 fully saturated rings. The number of aliphatic hydroxyl groups excluding tert-OH is 2. The van der Waals surface area contributed by atoms with Crippen molar-refractivity contribution in [2.45, 2.75) is 30.7 Å². The van der Waals surface area contributed by atoms with Crippen molar-refractivity contribution in [3.05, 3.63) is 40.4 Å². The Kier molecular flexibility index (Phi) is 7.55. The van der Waals surface area contributed by atoms with E-state index in [-0.39, 0.29) is 18.4 Å². The molecule has 0 radical (unpaired) electrons. The number of hydroxylamine groups is 1. The van der Waals surface area contributed by atoms with Gasteiger partial charge in [-0.25, -0.2) is 18.9 Å². The third-order valence-corrected chi connectivity index (χ3v) is 6.76. The molecule has 2 rings (SSSR count). The SMILES string of the molecule is C[C@@](CCn1cnc2cc(C#CC#C[C@@H](O)CO)ccc2c1=O)(C(=O)NO)S(C)(=O)=O. The van der Waals surface area contributed by atoms with Crippen molar-refractivity contribution in [3.8, 4) is 23.7 Å². The Morgan fingerprint density at radius 2 is 2.06 bits per heavy atom. The topological polar surface area (TPSA) is 159 Å². The van der Waals surface area contributed by atoms with Crippen molar-refractivity contribution >= 4 is 26.6 Å². The van der Waals surface area contributed by atoms with Gasteiger partial charge in [0.05, 0.1) is 23.8 Å². The Morgan fingerprint density at radius 1 is 1.35 bits per heavy atom. The highest BCUT2D eigenvalue weighted by Crippen LogP contribution is 2.22. The first-order valence-corrected chi connectivity index (χ1v) is 10.9. The number of hydrogen-bond acceptors (Lipinski definition) is 8. The van der Waals surface area contributed by atoms with E-state index in [0.717, 1.165) is 6.26 Å². The number of fused-ring (bicyclic) bond motifs is 1. The van der Waals surface area contributed by atoms with Gasteiger partial charge in [0.1, 0.15) is 6.10 Å². The summed E-state index contributed by atoms with van der Waals surface area (Å²) in [6.07, 6.45) is 0.687. The molecule has 4 N–H and O–H groups in total. The van der Waals surface area contributed by atoms with E-state index in [0.29, 0.717) is 11.1 Å². The summed E-state index contributed by atoms with van der Waals surface area (Å²) < 4.78 is 23.4. The Balaban J connectivity index is 2.31. The maximum Gasteiger partial charge on any atom is 0.264 e. The minimum absolute atomic E-state index is 0.122. The largest absolute Gasteiger partial charge is 0.393 e. The first kappa shape index (κ1) is 24.1. The van der Waals surface area contributed by atoms with Crippen molar-refractivity contribution in [1.82, 2.24) is 15.0 Å². The molecule has 0 saturated heterocycles. The van der Waals surface area contributed by atoms with Crippen LogP contribution in [0.3, 0.4) is 0 Å². The number of carbonyl (C=O) groups excluding carboxylic acids is 1. The lowest BCUT2D eigenvalue weighted by Crippen LogP contribution is -2.50. The second-order valence-electron chi connectivity index (χ2n) is 6.89. The number of carbonyl (C=O) groups is 1. The van der Waals surface area contributed by atoms with Crippen molar-refractivity contribution in [3.63, 3.8) is 0 Å². The quantitative estimate of drug-likeness (QED) is 0.244. The molecule has 1 amide bonds. The lowest BCUT2D eigenvalue weighted by molar-refractivity contribution is -0.131. The van der Waals surface area contributed by atoms with Crippen LogP contribution < -0.4 is 11.0 Å². The maximum absolute atomic E-state index is 12.7. The molecule has 31 heavy (non-hydrogen) atoms. The van der Waals surface area contributed by atoms with Gasteiger partial charge in [-0.2, -0.15) is 0 Å². The van der Waals surface area contributed by atoms with Gasteiger partial charge in [0.15, 0.2) is 14.6 Å². The number of sulfone groups is 1. The van der Waals surface area contributed by atoms with Gasteiger partial charge in [0.25, 0.3) is 11.5 Å². The summed E-state index contributed by atoms with van der Waals surface area (Å²) in [4.78, 5) is 28.8. The zero-order valence-electron chi connectivity index (χ0n) is 16.8. The Hall–Kier alpha value is -3.22. The van der Waals surface area contributed by atoms with Crippen LogP contribution in [0.1, 0.15) is 18.9 Å². The van der Waals surface area contributed by atoms with Crippen molar-refractivity contribution in [1.29, 1.82) is 0 Å². The van der Waals surface area contributed by atoms with Crippen LogP contribution in [0, 0.1) is 23.7 Å². The lowest BCUT2D eigenvalue weighted by Gasteiger charge is -2.25. The Bertz CT molecular complexity index is 1280. The number of amides is 1. The fourth-order valence-corrected chi connectivity index (χ4v) is 3.43. The number of nitrogens with one attached hydrogen (secondary N) is 1. The van der Waals surface area contributed by atoms with E-state index in [1.807, 2.05) is 0 Å². The second kappa shape index (κ2) is 9.73. The molecule has 1 aromatic heterocycles.